The second-order valence-corrected chi connectivity index (χ2v) is 4.40. The second kappa shape index (κ2) is 3.65. The predicted molar refractivity (Wildman–Crippen MR) is 72.4 cm³/mol. The molecule has 0 spiro atoms. The van der Waals surface area contributed by atoms with E-state index in [2.05, 4.69) is 25.7 Å². The zero-order valence-electron chi connectivity index (χ0n) is 10.4. The Morgan fingerprint density at radius 3 is 2.84 bits per heavy atom. The minimum absolute atomic E-state index is 0.853. The Bertz CT molecular complexity index is 887. The van der Waals surface area contributed by atoms with Crippen LogP contribution in [0.3, 0.4) is 0 Å². The normalized spacial score (nSPS) is 11.4. The maximum Gasteiger partial charge on any atom is 0.164 e. The van der Waals surface area contributed by atoms with Crippen molar-refractivity contribution in [2.24, 2.45) is 0 Å². The molecule has 19 heavy (non-hydrogen) atoms. The Balaban J connectivity index is 2.15. The highest BCUT2D eigenvalue weighted by atomic mass is 15.2. The lowest BCUT2D eigenvalue weighted by Gasteiger charge is -2.07. The number of aryl methyl sites for hydroxylation is 1. The first-order valence-electron chi connectivity index (χ1n) is 6.07. The Kier molecular flexibility index (Phi) is 1.97. The van der Waals surface area contributed by atoms with Crippen molar-refractivity contribution in [2.45, 2.75) is 6.92 Å². The van der Waals surface area contributed by atoms with Gasteiger partial charge in [0.15, 0.2) is 5.82 Å². The van der Waals surface area contributed by atoms with Crippen LogP contribution in [0.25, 0.3) is 22.4 Å². The van der Waals surface area contributed by atoms with Crippen molar-refractivity contribution >= 4 is 16.6 Å². The van der Waals surface area contributed by atoms with Crippen LogP contribution in [0.15, 0.2) is 48.9 Å². The summed E-state index contributed by atoms with van der Waals surface area (Å²) in [4.78, 5) is 9.07. The van der Waals surface area contributed by atoms with Crippen molar-refractivity contribution in [1.29, 1.82) is 0 Å². The van der Waals surface area contributed by atoms with Crippen LogP contribution in [-0.4, -0.2) is 24.1 Å². The van der Waals surface area contributed by atoms with Crippen LogP contribution in [0.2, 0.25) is 0 Å². The molecule has 0 radical (unpaired) electrons. The Morgan fingerprint density at radius 2 is 1.89 bits per heavy atom. The number of hydrogen-bond donors (Lipinski definition) is 0. The van der Waals surface area contributed by atoms with Crippen LogP contribution in [0.4, 0.5) is 0 Å². The Hall–Kier alpha value is -2.69. The lowest BCUT2D eigenvalue weighted by atomic mass is 10.3. The van der Waals surface area contributed by atoms with Gasteiger partial charge in [0, 0.05) is 12.4 Å². The molecule has 0 N–H and O–H groups in total. The highest BCUT2D eigenvalue weighted by molar-refractivity contribution is 5.79. The van der Waals surface area contributed by atoms with Crippen molar-refractivity contribution in [3.63, 3.8) is 0 Å². The van der Waals surface area contributed by atoms with Crippen molar-refractivity contribution in [2.75, 3.05) is 0 Å². The van der Waals surface area contributed by atoms with Gasteiger partial charge in [0.2, 0.25) is 0 Å². The van der Waals surface area contributed by atoms with E-state index < -0.39 is 0 Å². The van der Waals surface area contributed by atoms with Gasteiger partial charge in [-0.2, -0.15) is 5.10 Å². The van der Waals surface area contributed by atoms with Crippen molar-refractivity contribution in [3.05, 3.63) is 54.7 Å². The number of hydrogen-bond acceptors (Lipinski definition) is 3. The van der Waals surface area contributed by atoms with E-state index in [4.69, 9.17) is 0 Å². The van der Waals surface area contributed by atoms with Gasteiger partial charge in [-0.15, -0.1) is 0 Å². The van der Waals surface area contributed by atoms with Gasteiger partial charge in [0.05, 0.1) is 17.2 Å². The van der Waals surface area contributed by atoms with Crippen molar-refractivity contribution < 1.29 is 0 Å². The monoisotopic (exact) mass is 249 g/mol. The number of imidazole rings is 1. The summed E-state index contributed by atoms with van der Waals surface area (Å²) in [6.45, 7) is 1.99. The summed E-state index contributed by atoms with van der Waals surface area (Å²) < 4.78 is 3.88. The Labute approximate surface area is 109 Å². The molecule has 0 bridgehead atoms. The Morgan fingerprint density at radius 1 is 1.00 bits per heavy atom. The summed E-state index contributed by atoms with van der Waals surface area (Å²) >= 11 is 0. The van der Waals surface area contributed by atoms with E-state index in [0.717, 1.165) is 28.2 Å². The second-order valence-electron chi connectivity index (χ2n) is 4.40. The van der Waals surface area contributed by atoms with Gasteiger partial charge in [0.1, 0.15) is 11.3 Å². The summed E-state index contributed by atoms with van der Waals surface area (Å²) in [7, 11) is 0. The van der Waals surface area contributed by atoms with Crippen LogP contribution in [0.5, 0.6) is 0 Å². The highest BCUT2D eigenvalue weighted by Crippen LogP contribution is 2.22. The van der Waals surface area contributed by atoms with E-state index in [1.807, 2.05) is 41.9 Å². The lowest BCUT2D eigenvalue weighted by Crippen LogP contribution is -2.02. The summed E-state index contributed by atoms with van der Waals surface area (Å²) in [5.41, 5.74) is 3.00. The van der Waals surface area contributed by atoms with Gasteiger partial charge in [-0.05, 0) is 25.1 Å². The standard InChI is InChI=1S/C14H11N5/c1-10-17-11-4-2-3-5-12(11)19(10)14-13-6-7-16-18(13)9-8-15-14/h2-9H,1H3. The fraction of sp³-hybridized carbons (Fsp3) is 0.0714. The fourth-order valence-corrected chi connectivity index (χ4v) is 2.43. The first-order chi connectivity index (χ1) is 9.34. The predicted octanol–water partition coefficient (Wildman–Crippen LogP) is 2.38. The molecule has 0 aliphatic carbocycles. The first-order valence-corrected chi connectivity index (χ1v) is 6.07. The van der Waals surface area contributed by atoms with Crippen LogP contribution >= 0.6 is 0 Å². The maximum absolute atomic E-state index is 4.57. The maximum atomic E-state index is 4.57. The first kappa shape index (κ1) is 10.3. The lowest BCUT2D eigenvalue weighted by molar-refractivity contribution is 0.902. The number of para-hydroxylation sites is 2. The van der Waals surface area contributed by atoms with Gasteiger partial charge in [-0.1, -0.05) is 12.1 Å². The van der Waals surface area contributed by atoms with E-state index in [0.29, 0.717) is 0 Å². The number of aromatic nitrogens is 5. The third kappa shape index (κ3) is 1.38. The molecule has 0 atom stereocenters. The van der Waals surface area contributed by atoms with E-state index >= 15 is 0 Å². The third-order valence-electron chi connectivity index (χ3n) is 3.24. The van der Waals surface area contributed by atoms with E-state index in [1.165, 1.54) is 0 Å². The molecule has 4 aromatic rings. The molecule has 0 aliphatic rings. The van der Waals surface area contributed by atoms with Crippen LogP contribution in [-0.2, 0) is 0 Å². The summed E-state index contributed by atoms with van der Waals surface area (Å²) in [5, 5.41) is 4.24. The molecule has 0 saturated heterocycles. The molecule has 0 amide bonds. The third-order valence-corrected chi connectivity index (χ3v) is 3.24. The van der Waals surface area contributed by atoms with E-state index in [1.54, 1.807) is 12.4 Å². The summed E-state index contributed by atoms with van der Waals surface area (Å²) in [6.07, 6.45) is 5.37. The minimum atomic E-state index is 0.853. The molecular formula is C14H11N5. The average Bonchev–Trinajstić information content (AvgIpc) is 3.01. The summed E-state index contributed by atoms with van der Waals surface area (Å²) in [6, 6.07) is 10.0. The quantitative estimate of drug-likeness (QED) is 0.520. The van der Waals surface area contributed by atoms with Gasteiger partial charge in [-0.3, -0.25) is 4.57 Å². The highest BCUT2D eigenvalue weighted by Gasteiger charge is 2.12. The van der Waals surface area contributed by atoms with Crippen LogP contribution in [0.1, 0.15) is 5.82 Å². The molecule has 3 aromatic heterocycles. The molecule has 5 heteroatoms. The molecular weight excluding hydrogens is 238 g/mol. The molecule has 0 fully saturated rings. The molecule has 92 valence electrons. The van der Waals surface area contributed by atoms with E-state index in [-0.39, 0.29) is 0 Å². The fourth-order valence-electron chi connectivity index (χ4n) is 2.43. The van der Waals surface area contributed by atoms with Gasteiger partial charge >= 0.3 is 0 Å². The van der Waals surface area contributed by atoms with E-state index in [9.17, 15) is 0 Å². The number of rotatable bonds is 1. The van der Waals surface area contributed by atoms with Crippen molar-refractivity contribution in [3.8, 4) is 5.82 Å². The molecule has 0 aliphatic heterocycles. The molecule has 0 unspecified atom stereocenters. The molecule has 3 heterocycles. The largest absolute Gasteiger partial charge is 0.279 e. The molecule has 5 nitrogen and oxygen atoms in total. The van der Waals surface area contributed by atoms with Crippen molar-refractivity contribution in [1.82, 2.24) is 24.1 Å². The van der Waals surface area contributed by atoms with Crippen LogP contribution in [0, 0.1) is 6.92 Å². The topological polar surface area (TPSA) is 48.0 Å². The number of nitrogens with zero attached hydrogens (tertiary/aromatic N) is 5. The molecule has 0 saturated carbocycles. The van der Waals surface area contributed by atoms with Crippen LogP contribution < -0.4 is 0 Å². The van der Waals surface area contributed by atoms with Gasteiger partial charge in [0.25, 0.3) is 0 Å². The number of fused-ring (bicyclic) bond motifs is 2. The smallest absolute Gasteiger partial charge is 0.164 e. The van der Waals surface area contributed by atoms with Gasteiger partial charge in [-0.25, -0.2) is 14.5 Å². The minimum Gasteiger partial charge on any atom is -0.279 e. The molecule has 1 aromatic carbocycles. The average molecular weight is 249 g/mol. The molecule has 4 rings (SSSR count). The number of benzene rings is 1. The van der Waals surface area contributed by atoms with Gasteiger partial charge < -0.3 is 0 Å². The SMILES string of the molecule is Cc1nc2ccccc2n1-c1nccn2nccc12. The zero-order chi connectivity index (χ0) is 12.8. The summed E-state index contributed by atoms with van der Waals surface area (Å²) in [5.74, 6) is 1.77. The zero-order valence-corrected chi connectivity index (χ0v) is 10.4.